The number of ketones is 1. The van der Waals surface area contributed by atoms with Crippen LogP contribution < -0.4 is 0 Å². The van der Waals surface area contributed by atoms with Gasteiger partial charge >= 0.3 is 0 Å². The minimum atomic E-state index is -0.357. The molecule has 0 fully saturated rings. The lowest BCUT2D eigenvalue weighted by atomic mass is 10.1. The van der Waals surface area contributed by atoms with Crippen LogP contribution in [0.1, 0.15) is 30.8 Å². The van der Waals surface area contributed by atoms with Gasteiger partial charge in [-0.15, -0.1) is 0 Å². The predicted octanol–water partition coefficient (Wildman–Crippen LogP) is 3.80. The Hall–Kier alpha value is -1.64. The van der Waals surface area contributed by atoms with E-state index in [1.807, 2.05) is 13.8 Å². The average molecular weight is 220 g/mol. The highest BCUT2D eigenvalue weighted by Crippen LogP contribution is 2.22. The monoisotopic (exact) mass is 220 g/mol. The van der Waals surface area contributed by atoms with Crippen molar-refractivity contribution in [1.29, 1.82) is 0 Å². The van der Waals surface area contributed by atoms with Gasteiger partial charge in [0, 0.05) is 17.9 Å². The molecule has 0 amide bonds. The Balaban J connectivity index is 2.36. The van der Waals surface area contributed by atoms with E-state index in [2.05, 4.69) is 0 Å². The number of furan rings is 1. The van der Waals surface area contributed by atoms with Crippen LogP contribution in [0.3, 0.4) is 0 Å². The van der Waals surface area contributed by atoms with Gasteiger partial charge in [-0.05, 0) is 24.1 Å². The van der Waals surface area contributed by atoms with Crippen molar-refractivity contribution in [3.8, 4) is 0 Å². The smallest absolute Gasteiger partial charge is 0.198 e. The molecule has 1 aromatic carbocycles. The number of hydrogen-bond donors (Lipinski definition) is 0. The summed E-state index contributed by atoms with van der Waals surface area (Å²) >= 11 is 0. The van der Waals surface area contributed by atoms with Crippen LogP contribution in [-0.4, -0.2) is 5.78 Å². The van der Waals surface area contributed by atoms with Crippen LogP contribution in [0.25, 0.3) is 11.0 Å². The van der Waals surface area contributed by atoms with E-state index in [1.54, 1.807) is 12.1 Å². The van der Waals surface area contributed by atoms with Gasteiger partial charge < -0.3 is 4.42 Å². The summed E-state index contributed by atoms with van der Waals surface area (Å²) in [6.07, 6.45) is 0.447. The van der Waals surface area contributed by atoms with E-state index < -0.39 is 0 Å². The molecular weight excluding hydrogens is 207 g/mol. The molecule has 0 spiro atoms. The van der Waals surface area contributed by atoms with Gasteiger partial charge in [-0.3, -0.25) is 4.79 Å². The number of benzene rings is 1. The van der Waals surface area contributed by atoms with Crippen molar-refractivity contribution in [1.82, 2.24) is 0 Å². The fourth-order valence-electron chi connectivity index (χ4n) is 1.61. The number of carbonyl (C=O) groups excluding carboxylic acids is 1. The second-order valence-electron chi connectivity index (χ2n) is 4.31. The van der Waals surface area contributed by atoms with Gasteiger partial charge in [-0.25, -0.2) is 4.39 Å². The number of Topliss-reactive ketones (excluding diaryl/α,β-unsaturated/α-hetero) is 1. The lowest BCUT2D eigenvalue weighted by Gasteiger charge is -1.99. The Bertz CT molecular complexity index is 526. The molecule has 2 nitrogen and oxygen atoms in total. The normalized spacial score (nSPS) is 11.2. The molecule has 2 aromatic rings. The maximum atomic E-state index is 12.9. The first-order valence-corrected chi connectivity index (χ1v) is 5.28. The molecule has 0 atom stereocenters. The molecule has 0 N–H and O–H groups in total. The molecule has 0 bridgehead atoms. The Morgan fingerprint density at radius 3 is 2.81 bits per heavy atom. The Labute approximate surface area is 93.1 Å². The van der Waals surface area contributed by atoms with Crippen LogP contribution in [0, 0.1) is 11.7 Å². The van der Waals surface area contributed by atoms with Crippen LogP contribution in [0.2, 0.25) is 0 Å². The summed E-state index contributed by atoms with van der Waals surface area (Å²) in [6, 6.07) is 5.93. The highest BCUT2D eigenvalue weighted by molar-refractivity contribution is 5.97. The zero-order valence-electron chi connectivity index (χ0n) is 9.29. The first-order valence-electron chi connectivity index (χ1n) is 5.28. The summed E-state index contributed by atoms with van der Waals surface area (Å²) in [5, 5.41) is 0.758. The molecule has 3 heteroatoms. The molecule has 0 saturated heterocycles. The molecule has 0 unspecified atom stereocenters. The van der Waals surface area contributed by atoms with Crippen molar-refractivity contribution >= 4 is 16.8 Å². The van der Waals surface area contributed by atoms with Crippen LogP contribution in [0.4, 0.5) is 4.39 Å². The third kappa shape index (κ3) is 2.13. The summed E-state index contributed by atoms with van der Waals surface area (Å²) in [7, 11) is 0. The number of rotatable bonds is 3. The maximum absolute atomic E-state index is 12.9. The molecule has 1 aromatic heterocycles. The van der Waals surface area contributed by atoms with E-state index in [-0.39, 0.29) is 17.5 Å². The Morgan fingerprint density at radius 2 is 2.12 bits per heavy atom. The second kappa shape index (κ2) is 4.08. The molecule has 1 heterocycles. The van der Waals surface area contributed by atoms with E-state index in [0.717, 1.165) is 5.39 Å². The largest absolute Gasteiger partial charge is 0.453 e. The zero-order chi connectivity index (χ0) is 11.7. The SMILES string of the molecule is CC(C)CC(=O)c1cc2ccc(F)cc2o1. The molecule has 0 aliphatic heterocycles. The number of carbonyl (C=O) groups is 1. The van der Waals surface area contributed by atoms with E-state index in [9.17, 15) is 9.18 Å². The fourth-order valence-corrected chi connectivity index (χ4v) is 1.61. The van der Waals surface area contributed by atoms with Crippen LogP contribution in [-0.2, 0) is 0 Å². The van der Waals surface area contributed by atoms with Gasteiger partial charge in [0.15, 0.2) is 11.5 Å². The first-order chi connectivity index (χ1) is 7.56. The van der Waals surface area contributed by atoms with E-state index in [4.69, 9.17) is 4.42 Å². The number of fused-ring (bicyclic) bond motifs is 1. The summed E-state index contributed by atoms with van der Waals surface area (Å²) < 4.78 is 18.2. The summed E-state index contributed by atoms with van der Waals surface area (Å²) in [5.74, 6) is 0.211. The zero-order valence-corrected chi connectivity index (χ0v) is 9.29. The molecule has 0 aliphatic rings. The summed E-state index contributed by atoms with van der Waals surface area (Å²) in [6.45, 7) is 3.94. The van der Waals surface area contributed by atoms with E-state index >= 15 is 0 Å². The van der Waals surface area contributed by atoms with Crippen molar-refractivity contribution in [3.05, 3.63) is 35.8 Å². The number of hydrogen-bond acceptors (Lipinski definition) is 2. The number of halogens is 1. The van der Waals surface area contributed by atoms with Gasteiger partial charge in [0.25, 0.3) is 0 Å². The average Bonchev–Trinajstić information content (AvgIpc) is 2.59. The molecule has 16 heavy (non-hydrogen) atoms. The minimum Gasteiger partial charge on any atom is -0.453 e. The molecule has 84 valence electrons. The quantitative estimate of drug-likeness (QED) is 0.736. The molecule has 2 rings (SSSR count). The topological polar surface area (TPSA) is 30.2 Å². The van der Waals surface area contributed by atoms with Crippen molar-refractivity contribution in [3.63, 3.8) is 0 Å². The van der Waals surface area contributed by atoms with Gasteiger partial charge in [-0.2, -0.15) is 0 Å². The standard InChI is InChI=1S/C13H13FO2/c1-8(2)5-11(15)13-6-9-3-4-10(14)7-12(9)16-13/h3-4,6-8H,5H2,1-2H3. The van der Waals surface area contributed by atoms with E-state index in [0.29, 0.717) is 17.8 Å². The minimum absolute atomic E-state index is 0.0355. The summed E-state index contributed by atoms with van der Waals surface area (Å²) in [5.41, 5.74) is 0.423. The molecular formula is C13H13FO2. The van der Waals surface area contributed by atoms with Crippen LogP contribution >= 0.6 is 0 Å². The summed E-state index contributed by atoms with van der Waals surface area (Å²) in [4.78, 5) is 11.7. The van der Waals surface area contributed by atoms with Crippen molar-refractivity contribution in [2.45, 2.75) is 20.3 Å². The van der Waals surface area contributed by atoms with E-state index in [1.165, 1.54) is 12.1 Å². The first kappa shape index (κ1) is 10.9. The fraction of sp³-hybridized carbons (Fsp3) is 0.308. The van der Waals surface area contributed by atoms with Gasteiger partial charge in [0.1, 0.15) is 11.4 Å². The third-order valence-electron chi connectivity index (χ3n) is 2.35. The Morgan fingerprint density at radius 1 is 1.38 bits per heavy atom. The molecule has 0 aliphatic carbocycles. The lowest BCUT2D eigenvalue weighted by Crippen LogP contribution is -2.01. The second-order valence-corrected chi connectivity index (χ2v) is 4.31. The highest BCUT2D eigenvalue weighted by atomic mass is 19.1. The lowest BCUT2D eigenvalue weighted by molar-refractivity contribution is 0.0943. The van der Waals surface area contributed by atoms with Gasteiger partial charge in [0.2, 0.25) is 0 Å². The van der Waals surface area contributed by atoms with Gasteiger partial charge in [-0.1, -0.05) is 13.8 Å². The highest BCUT2D eigenvalue weighted by Gasteiger charge is 2.13. The predicted molar refractivity (Wildman–Crippen MR) is 60.0 cm³/mol. The van der Waals surface area contributed by atoms with Crippen molar-refractivity contribution in [2.75, 3.05) is 0 Å². The Kier molecular flexibility index (Phi) is 2.77. The molecule has 0 radical (unpaired) electrons. The van der Waals surface area contributed by atoms with Gasteiger partial charge in [0.05, 0.1) is 0 Å². The molecule has 0 saturated carbocycles. The van der Waals surface area contributed by atoms with Crippen molar-refractivity contribution < 1.29 is 13.6 Å². The van der Waals surface area contributed by atoms with Crippen molar-refractivity contribution in [2.24, 2.45) is 5.92 Å². The van der Waals surface area contributed by atoms with Crippen LogP contribution in [0.15, 0.2) is 28.7 Å². The van der Waals surface area contributed by atoms with Crippen LogP contribution in [0.5, 0.6) is 0 Å². The maximum Gasteiger partial charge on any atom is 0.198 e. The third-order valence-corrected chi connectivity index (χ3v) is 2.35.